The molecule has 106 valence electrons. The van der Waals surface area contributed by atoms with E-state index in [2.05, 4.69) is 10.3 Å². The minimum atomic E-state index is -0.232. The molecule has 0 spiro atoms. The van der Waals surface area contributed by atoms with Gasteiger partial charge < -0.3 is 14.8 Å². The summed E-state index contributed by atoms with van der Waals surface area (Å²) in [5.41, 5.74) is 1.91. The lowest BCUT2D eigenvalue weighted by atomic mass is 10.2. The highest BCUT2D eigenvalue weighted by atomic mass is 16.7. The van der Waals surface area contributed by atoms with Crippen LogP contribution >= 0.6 is 0 Å². The monoisotopic (exact) mass is 282 g/mol. The minimum Gasteiger partial charge on any atom is -0.454 e. The number of hydrogen-bond donors (Lipinski definition) is 1. The van der Waals surface area contributed by atoms with Crippen LogP contribution in [-0.4, -0.2) is 17.7 Å². The average molecular weight is 282 g/mol. The Morgan fingerprint density at radius 2 is 2.10 bits per heavy atom. The predicted molar refractivity (Wildman–Crippen MR) is 79.2 cm³/mol. The number of nitrogens with zero attached hydrogens (tertiary/aromatic N) is 1. The normalized spacial score (nSPS) is 12.6. The van der Waals surface area contributed by atoms with Crippen molar-refractivity contribution in [3.8, 4) is 11.5 Å². The molecule has 1 aliphatic rings. The molecule has 0 aliphatic carbocycles. The fourth-order valence-electron chi connectivity index (χ4n) is 1.90. The van der Waals surface area contributed by atoms with E-state index in [-0.39, 0.29) is 12.7 Å². The summed E-state index contributed by atoms with van der Waals surface area (Å²) in [4.78, 5) is 15.9. The molecule has 0 bridgehead atoms. The Kier molecular flexibility index (Phi) is 3.55. The van der Waals surface area contributed by atoms with Gasteiger partial charge in [0.2, 0.25) is 12.7 Å². The number of ether oxygens (including phenoxy) is 2. The molecule has 0 unspecified atom stereocenters. The SMILES string of the molecule is Cc1ccc(NC(=O)C=Cc2ccc3c(c2)OCO3)nc1. The van der Waals surface area contributed by atoms with Crippen molar-refractivity contribution >= 4 is 17.8 Å². The van der Waals surface area contributed by atoms with Crippen molar-refractivity contribution in [2.24, 2.45) is 0 Å². The Hall–Kier alpha value is -2.82. The smallest absolute Gasteiger partial charge is 0.249 e. The summed E-state index contributed by atoms with van der Waals surface area (Å²) in [6, 6.07) is 9.17. The largest absolute Gasteiger partial charge is 0.454 e. The molecule has 5 nitrogen and oxygen atoms in total. The molecule has 5 heteroatoms. The van der Waals surface area contributed by atoms with E-state index in [1.165, 1.54) is 6.08 Å². The molecule has 1 aliphatic heterocycles. The van der Waals surface area contributed by atoms with Crippen molar-refractivity contribution in [1.82, 2.24) is 4.98 Å². The maximum Gasteiger partial charge on any atom is 0.249 e. The number of carbonyl (C=O) groups excluding carboxylic acids is 1. The summed E-state index contributed by atoms with van der Waals surface area (Å²) in [6.45, 7) is 2.18. The van der Waals surface area contributed by atoms with Crippen molar-refractivity contribution in [1.29, 1.82) is 0 Å². The van der Waals surface area contributed by atoms with Gasteiger partial charge in [-0.2, -0.15) is 0 Å². The molecule has 0 radical (unpaired) electrons. The number of rotatable bonds is 3. The van der Waals surface area contributed by atoms with E-state index in [0.29, 0.717) is 11.6 Å². The Bertz CT molecular complexity index is 693. The first-order chi connectivity index (χ1) is 10.2. The van der Waals surface area contributed by atoms with Gasteiger partial charge in [-0.3, -0.25) is 4.79 Å². The topological polar surface area (TPSA) is 60.5 Å². The summed E-state index contributed by atoms with van der Waals surface area (Å²) in [6.07, 6.45) is 4.88. The van der Waals surface area contributed by atoms with E-state index in [0.717, 1.165) is 16.9 Å². The zero-order valence-electron chi connectivity index (χ0n) is 11.5. The summed E-state index contributed by atoms with van der Waals surface area (Å²) in [7, 11) is 0. The van der Waals surface area contributed by atoms with E-state index in [9.17, 15) is 4.79 Å². The summed E-state index contributed by atoms with van der Waals surface area (Å²) in [5, 5.41) is 2.70. The van der Waals surface area contributed by atoms with Crippen LogP contribution in [0.5, 0.6) is 11.5 Å². The number of pyridine rings is 1. The molecule has 0 saturated carbocycles. The minimum absolute atomic E-state index is 0.232. The second-order valence-electron chi connectivity index (χ2n) is 4.66. The quantitative estimate of drug-likeness (QED) is 0.879. The molecule has 0 saturated heterocycles. The van der Waals surface area contributed by atoms with Gasteiger partial charge in [0.05, 0.1) is 0 Å². The number of nitrogens with one attached hydrogen (secondary N) is 1. The molecule has 3 rings (SSSR count). The number of fused-ring (bicyclic) bond motifs is 1. The lowest BCUT2D eigenvalue weighted by molar-refractivity contribution is -0.111. The van der Waals surface area contributed by atoms with Gasteiger partial charge in [0.15, 0.2) is 11.5 Å². The first-order valence-corrected chi connectivity index (χ1v) is 6.52. The molecule has 21 heavy (non-hydrogen) atoms. The standard InChI is InChI=1S/C16H14N2O3/c1-11-2-6-15(17-9-11)18-16(19)7-4-12-3-5-13-14(8-12)21-10-20-13/h2-9H,10H2,1H3,(H,17,18,19). The van der Waals surface area contributed by atoms with Crippen molar-refractivity contribution in [2.45, 2.75) is 6.92 Å². The molecule has 2 heterocycles. The first-order valence-electron chi connectivity index (χ1n) is 6.52. The second kappa shape index (κ2) is 5.66. The maximum atomic E-state index is 11.8. The highest BCUT2D eigenvalue weighted by Crippen LogP contribution is 2.32. The van der Waals surface area contributed by atoms with Gasteiger partial charge >= 0.3 is 0 Å². The lowest BCUT2D eigenvalue weighted by Crippen LogP contribution is -2.08. The van der Waals surface area contributed by atoms with Crippen LogP contribution < -0.4 is 14.8 Å². The third-order valence-electron chi connectivity index (χ3n) is 2.99. The van der Waals surface area contributed by atoms with Gasteiger partial charge in [-0.15, -0.1) is 0 Å². The molecule has 1 aromatic carbocycles. The highest BCUT2D eigenvalue weighted by molar-refractivity contribution is 6.01. The summed E-state index contributed by atoms with van der Waals surface area (Å²) in [5.74, 6) is 1.71. The zero-order chi connectivity index (χ0) is 14.7. The third-order valence-corrected chi connectivity index (χ3v) is 2.99. The van der Waals surface area contributed by atoms with Crippen LogP contribution in [0.2, 0.25) is 0 Å². The Balaban J connectivity index is 1.65. The number of aromatic nitrogens is 1. The van der Waals surface area contributed by atoms with Crippen LogP contribution in [0.3, 0.4) is 0 Å². The highest BCUT2D eigenvalue weighted by Gasteiger charge is 2.12. The van der Waals surface area contributed by atoms with Gasteiger partial charge in [0, 0.05) is 12.3 Å². The molecule has 1 aromatic heterocycles. The number of amides is 1. The van der Waals surface area contributed by atoms with Crippen molar-refractivity contribution < 1.29 is 14.3 Å². The summed E-state index contributed by atoms with van der Waals surface area (Å²) >= 11 is 0. The predicted octanol–water partition coefficient (Wildman–Crippen LogP) is 2.77. The average Bonchev–Trinajstić information content (AvgIpc) is 2.95. The van der Waals surface area contributed by atoms with Crippen molar-refractivity contribution in [2.75, 3.05) is 12.1 Å². The fraction of sp³-hybridized carbons (Fsp3) is 0.125. The van der Waals surface area contributed by atoms with Gasteiger partial charge in [0.1, 0.15) is 5.82 Å². The molecule has 1 N–H and O–H groups in total. The zero-order valence-corrected chi connectivity index (χ0v) is 11.5. The number of carbonyl (C=O) groups is 1. The Labute approximate surface area is 122 Å². The Morgan fingerprint density at radius 1 is 1.24 bits per heavy atom. The number of benzene rings is 1. The van der Waals surface area contributed by atoms with Crippen LogP contribution in [0.1, 0.15) is 11.1 Å². The fourth-order valence-corrected chi connectivity index (χ4v) is 1.90. The molecule has 0 fully saturated rings. The first kappa shape index (κ1) is 13.2. The second-order valence-corrected chi connectivity index (χ2v) is 4.66. The third kappa shape index (κ3) is 3.20. The summed E-state index contributed by atoms with van der Waals surface area (Å²) < 4.78 is 10.5. The van der Waals surface area contributed by atoms with Crippen LogP contribution in [0.4, 0.5) is 5.82 Å². The molecule has 1 amide bonds. The lowest BCUT2D eigenvalue weighted by Gasteiger charge is -2.01. The Morgan fingerprint density at radius 3 is 2.90 bits per heavy atom. The van der Waals surface area contributed by atoms with Gasteiger partial charge in [0.25, 0.3) is 0 Å². The number of hydrogen-bond acceptors (Lipinski definition) is 4. The van der Waals surface area contributed by atoms with Crippen molar-refractivity contribution in [3.05, 3.63) is 53.7 Å². The van der Waals surface area contributed by atoms with E-state index in [1.807, 2.05) is 31.2 Å². The maximum absolute atomic E-state index is 11.8. The molecular weight excluding hydrogens is 268 g/mol. The molecule has 2 aromatic rings. The van der Waals surface area contributed by atoms with Crippen LogP contribution in [-0.2, 0) is 4.79 Å². The van der Waals surface area contributed by atoms with E-state index < -0.39 is 0 Å². The number of aryl methyl sites for hydroxylation is 1. The van der Waals surface area contributed by atoms with Gasteiger partial charge in [-0.1, -0.05) is 12.1 Å². The number of anilines is 1. The van der Waals surface area contributed by atoms with Crippen LogP contribution in [0.15, 0.2) is 42.6 Å². The van der Waals surface area contributed by atoms with Crippen LogP contribution in [0.25, 0.3) is 6.08 Å². The van der Waals surface area contributed by atoms with E-state index in [4.69, 9.17) is 9.47 Å². The molecular formula is C16H14N2O3. The van der Waals surface area contributed by atoms with E-state index in [1.54, 1.807) is 18.3 Å². The van der Waals surface area contributed by atoms with Gasteiger partial charge in [-0.05, 0) is 42.3 Å². The van der Waals surface area contributed by atoms with Crippen molar-refractivity contribution in [3.63, 3.8) is 0 Å². The van der Waals surface area contributed by atoms with E-state index >= 15 is 0 Å². The molecule has 0 atom stereocenters. The van der Waals surface area contributed by atoms with Gasteiger partial charge in [-0.25, -0.2) is 4.98 Å². The van der Waals surface area contributed by atoms with Crippen LogP contribution in [0, 0.1) is 6.92 Å².